The summed E-state index contributed by atoms with van der Waals surface area (Å²) in [7, 11) is 0. The van der Waals surface area contributed by atoms with Crippen LogP contribution in [0.4, 0.5) is 0 Å². The Kier molecular flexibility index (Phi) is 5.57. The third-order valence-electron chi connectivity index (χ3n) is 2.70. The Labute approximate surface area is 97.0 Å². The van der Waals surface area contributed by atoms with Crippen LogP contribution in [0.3, 0.4) is 0 Å². The van der Waals surface area contributed by atoms with E-state index >= 15 is 0 Å². The number of hydrogen-bond donors (Lipinski definition) is 2. The minimum Gasteiger partial charge on any atom is -0.355 e. The molecule has 3 nitrogen and oxygen atoms in total. The van der Waals surface area contributed by atoms with Crippen molar-refractivity contribution in [2.24, 2.45) is 11.7 Å². The van der Waals surface area contributed by atoms with Gasteiger partial charge in [-0.15, -0.1) is 0 Å². The van der Waals surface area contributed by atoms with Crippen LogP contribution in [-0.4, -0.2) is 19.0 Å². The Morgan fingerprint density at radius 1 is 1.38 bits per heavy atom. The summed E-state index contributed by atoms with van der Waals surface area (Å²) in [5.74, 6) is 0.0247. The molecule has 0 aromatic heterocycles. The monoisotopic (exact) mass is 220 g/mol. The fourth-order valence-electron chi connectivity index (χ4n) is 1.58. The van der Waals surface area contributed by atoms with Gasteiger partial charge in [0.05, 0.1) is 0 Å². The molecule has 0 saturated carbocycles. The predicted octanol–water partition coefficient (Wildman–Crippen LogP) is 1.33. The molecule has 3 N–H and O–H groups in total. The number of rotatable bonds is 6. The molecule has 0 aliphatic heterocycles. The maximum Gasteiger partial charge on any atom is 0.224 e. The molecule has 1 amide bonds. The van der Waals surface area contributed by atoms with Crippen LogP contribution < -0.4 is 11.1 Å². The highest BCUT2D eigenvalue weighted by Crippen LogP contribution is 2.01. The second-order valence-electron chi connectivity index (χ2n) is 3.87. The van der Waals surface area contributed by atoms with Crippen molar-refractivity contribution >= 4 is 5.91 Å². The van der Waals surface area contributed by atoms with E-state index in [1.807, 2.05) is 25.1 Å². The Bertz CT molecular complexity index is 307. The Morgan fingerprint density at radius 3 is 2.62 bits per heavy atom. The van der Waals surface area contributed by atoms with Gasteiger partial charge in [0.1, 0.15) is 0 Å². The number of amides is 1. The lowest BCUT2D eigenvalue weighted by molar-refractivity contribution is -0.124. The summed E-state index contributed by atoms with van der Waals surface area (Å²) in [4.78, 5) is 11.6. The van der Waals surface area contributed by atoms with Crippen LogP contribution in [0.25, 0.3) is 0 Å². The van der Waals surface area contributed by atoms with E-state index in [9.17, 15) is 4.79 Å². The van der Waals surface area contributed by atoms with Crippen molar-refractivity contribution < 1.29 is 4.79 Å². The van der Waals surface area contributed by atoms with Crippen LogP contribution in [0.5, 0.6) is 0 Å². The maximum atomic E-state index is 11.6. The topological polar surface area (TPSA) is 55.1 Å². The Morgan fingerprint density at radius 2 is 2.06 bits per heavy atom. The first-order valence-electron chi connectivity index (χ1n) is 5.79. The molecule has 0 bridgehead atoms. The number of hydrogen-bond acceptors (Lipinski definition) is 2. The normalized spacial score (nSPS) is 12.1. The van der Waals surface area contributed by atoms with E-state index in [0.717, 1.165) is 12.8 Å². The molecule has 0 saturated heterocycles. The van der Waals surface area contributed by atoms with E-state index in [2.05, 4.69) is 17.4 Å². The van der Waals surface area contributed by atoms with E-state index < -0.39 is 0 Å². The van der Waals surface area contributed by atoms with Crippen molar-refractivity contribution in [1.82, 2.24) is 5.32 Å². The summed E-state index contributed by atoms with van der Waals surface area (Å²) in [5, 5.41) is 2.91. The highest BCUT2D eigenvalue weighted by atomic mass is 16.1. The van der Waals surface area contributed by atoms with Gasteiger partial charge in [-0.05, 0) is 18.4 Å². The average Bonchev–Trinajstić information content (AvgIpc) is 2.32. The van der Waals surface area contributed by atoms with Crippen molar-refractivity contribution in [1.29, 1.82) is 0 Å². The predicted molar refractivity (Wildman–Crippen MR) is 66.0 cm³/mol. The number of carbonyl (C=O) groups is 1. The van der Waals surface area contributed by atoms with Gasteiger partial charge in [0.2, 0.25) is 5.91 Å². The van der Waals surface area contributed by atoms with Gasteiger partial charge in [-0.25, -0.2) is 0 Å². The van der Waals surface area contributed by atoms with Crippen LogP contribution in [0, 0.1) is 5.92 Å². The van der Waals surface area contributed by atoms with Crippen molar-refractivity contribution in [3.63, 3.8) is 0 Å². The second-order valence-corrected chi connectivity index (χ2v) is 3.87. The lowest BCUT2D eigenvalue weighted by Gasteiger charge is -2.12. The number of nitrogens with one attached hydrogen (secondary N) is 1. The zero-order valence-corrected chi connectivity index (χ0v) is 9.78. The van der Waals surface area contributed by atoms with E-state index in [0.29, 0.717) is 13.1 Å². The van der Waals surface area contributed by atoms with Crippen LogP contribution >= 0.6 is 0 Å². The van der Waals surface area contributed by atoms with Gasteiger partial charge >= 0.3 is 0 Å². The molecule has 3 heteroatoms. The molecule has 16 heavy (non-hydrogen) atoms. The molecule has 0 heterocycles. The second kappa shape index (κ2) is 7.01. The minimum atomic E-state index is -0.0456. The molecule has 0 spiro atoms. The molecule has 0 aliphatic rings. The molecular weight excluding hydrogens is 200 g/mol. The summed E-state index contributed by atoms with van der Waals surface area (Å²) >= 11 is 0. The van der Waals surface area contributed by atoms with Gasteiger partial charge in [0.15, 0.2) is 0 Å². The number of benzene rings is 1. The highest BCUT2D eigenvalue weighted by Gasteiger charge is 2.12. The van der Waals surface area contributed by atoms with Crippen molar-refractivity contribution in [3.05, 3.63) is 35.9 Å². The average molecular weight is 220 g/mol. The standard InChI is InChI=1S/C13H20N2O/c1-2-12(10-14)13(16)15-9-8-11-6-4-3-5-7-11/h3-7,12H,2,8-10,14H2,1H3,(H,15,16). The summed E-state index contributed by atoms with van der Waals surface area (Å²) in [6.07, 6.45) is 1.67. The quantitative estimate of drug-likeness (QED) is 0.760. The third kappa shape index (κ3) is 4.03. The first-order valence-corrected chi connectivity index (χ1v) is 5.79. The largest absolute Gasteiger partial charge is 0.355 e. The van der Waals surface area contributed by atoms with Crippen LogP contribution in [0.1, 0.15) is 18.9 Å². The zero-order chi connectivity index (χ0) is 11.8. The van der Waals surface area contributed by atoms with E-state index in [1.165, 1.54) is 5.56 Å². The van der Waals surface area contributed by atoms with Gasteiger partial charge < -0.3 is 11.1 Å². The minimum absolute atomic E-state index is 0.0456. The first kappa shape index (κ1) is 12.7. The number of nitrogens with two attached hydrogens (primary N) is 1. The van der Waals surface area contributed by atoms with Crippen molar-refractivity contribution in [2.45, 2.75) is 19.8 Å². The Hall–Kier alpha value is -1.35. The molecule has 0 aliphatic carbocycles. The lowest BCUT2D eigenvalue weighted by Crippen LogP contribution is -2.35. The van der Waals surface area contributed by atoms with Crippen molar-refractivity contribution in [3.8, 4) is 0 Å². The smallest absolute Gasteiger partial charge is 0.224 e. The zero-order valence-electron chi connectivity index (χ0n) is 9.78. The van der Waals surface area contributed by atoms with Gasteiger partial charge in [0, 0.05) is 19.0 Å². The molecule has 0 radical (unpaired) electrons. The van der Waals surface area contributed by atoms with Crippen LogP contribution in [0.2, 0.25) is 0 Å². The van der Waals surface area contributed by atoms with Gasteiger partial charge in [0.25, 0.3) is 0 Å². The van der Waals surface area contributed by atoms with E-state index in [4.69, 9.17) is 5.73 Å². The first-order chi connectivity index (χ1) is 7.77. The van der Waals surface area contributed by atoms with Gasteiger partial charge in [-0.3, -0.25) is 4.79 Å². The third-order valence-corrected chi connectivity index (χ3v) is 2.70. The molecule has 1 aromatic rings. The van der Waals surface area contributed by atoms with Gasteiger partial charge in [-0.1, -0.05) is 37.3 Å². The summed E-state index contributed by atoms with van der Waals surface area (Å²) < 4.78 is 0. The van der Waals surface area contributed by atoms with Gasteiger partial charge in [-0.2, -0.15) is 0 Å². The lowest BCUT2D eigenvalue weighted by atomic mass is 10.1. The molecule has 1 rings (SSSR count). The summed E-state index contributed by atoms with van der Waals surface area (Å²) in [6.45, 7) is 3.08. The molecule has 1 aromatic carbocycles. The SMILES string of the molecule is CCC(CN)C(=O)NCCc1ccccc1. The van der Waals surface area contributed by atoms with E-state index in [-0.39, 0.29) is 11.8 Å². The summed E-state index contributed by atoms with van der Waals surface area (Å²) in [5.41, 5.74) is 6.75. The van der Waals surface area contributed by atoms with E-state index in [1.54, 1.807) is 0 Å². The molecule has 1 unspecified atom stereocenters. The molecule has 0 fully saturated rings. The van der Waals surface area contributed by atoms with Crippen LogP contribution in [-0.2, 0) is 11.2 Å². The molecular formula is C13H20N2O. The van der Waals surface area contributed by atoms with Crippen LogP contribution in [0.15, 0.2) is 30.3 Å². The fraction of sp³-hybridized carbons (Fsp3) is 0.462. The maximum absolute atomic E-state index is 11.6. The molecule has 1 atom stereocenters. The summed E-state index contributed by atoms with van der Waals surface area (Å²) in [6, 6.07) is 10.1. The fourth-order valence-corrected chi connectivity index (χ4v) is 1.58. The van der Waals surface area contributed by atoms with Crippen molar-refractivity contribution in [2.75, 3.05) is 13.1 Å². The Balaban J connectivity index is 2.28. The number of carbonyl (C=O) groups excluding carboxylic acids is 1. The molecule has 88 valence electrons. The highest BCUT2D eigenvalue weighted by molar-refractivity contribution is 5.78.